The summed E-state index contributed by atoms with van der Waals surface area (Å²) in [5, 5.41) is 18.6. The van der Waals surface area contributed by atoms with Crippen LogP contribution in [0, 0.1) is 0 Å². The van der Waals surface area contributed by atoms with Gasteiger partial charge in [-0.05, 0) is 16.2 Å². The van der Waals surface area contributed by atoms with Crippen molar-refractivity contribution in [3.63, 3.8) is 0 Å². The second kappa shape index (κ2) is 13.2. The van der Waals surface area contributed by atoms with E-state index in [0.29, 0.717) is 11.1 Å². The Morgan fingerprint density at radius 1 is 0.674 bits per heavy atom. The predicted octanol–water partition coefficient (Wildman–Crippen LogP) is 2.79. The van der Waals surface area contributed by atoms with Crippen molar-refractivity contribution < 1.29 is 69.5 Å². The number of fused-ring (bicyclic) bond motifs is 4. The number of hydrogen-bond acceptors (Lipinski definition) is 11. The average Bonchev–Trinajstić information content (AvgIpc) is 3.63. The van der Waals surface area contributed by atoms with Crippen LogP contribution in [0.1, 0.15) is 11.1 Å². The van der Waals surface area contributed by atoms with Crippen LogP contribution in [0.4, 0.5) is 30.8 Å². The number of benzene rings is 2. The van der Waals surface area contributed by atoms with E-state index in [1.54, 1.807) is 60.7 Å². The molecule has 0 radical (unpaired) electrons. The summed E-state index contributed by atoms with van der Waals surface area (Å²) in [6, 6.07) is 12.4. The van der Waals surface area contributed by atoms with Crippen molar-refractivity contribution in [1.29, 1.82) is 0 Å². The Morgan fingerprint density at radius 2 is 1.09 bits per heavy atom. The van der Waals surface area contributed by atoms with Gasteiger partial charge in [0, 0.05) is 5.23 Å². The first-order valence-corrected chi connectivity index (χ1v) is 14.2. The van der Waals surface area contributed by atoms with Gasteiger partial charge in [-0.1, -0.05) is 60.7 Å². The standard InChI is InChI=1S/C28H30F7N3O8/c29-27(30,31)37(35)38(28(32,33)34)36(19-21(39)23(17-13-43-25(19)45-17)41-11-15-7-3-1-4-8-15)20-22(40)24(18-14-44-26(20)46-18)42-12-16-9-5-2-6-10-16/h1-10,17-26,39-40H,11-14H2/t17?,18?,19-,20-,21+,22+,23+,24+,25+,26+/m0/s1. The van der Waals surface area contributed by atoms with Gasteiger partial charge in [0.1, 0.15) is 48.7 Å². The van der Waals surface area contributed by atoms with Crippen LogP contribution < -0.4 is 0 Å². The molecule has 4 saturated heterocycles. The molecule has 0 spiro atoms. The molecule has 18 heteroatoms. The van der Waals surface area contributed by atoms with Crippen LogP contribution in [-0.4, -0.2) is 113 Å². The average molecular weight is 670 g/mol. The molecule has 10 atom stereocenters. The van der Waals surface area contributed by atoms with Crippen LogP contribution in [0.3, 0.4) is 0 Å². The van der Waals surface area contributed by atoms with Crippen molar-refractivity contribution in [2.24, 2.45) is 0 Å². The first-order valence-electron chi connectivity index (χ1n) is 14.2. The molecule has 46 heavy (non-hydrogen) atoms. The van der Waals surface area contributed by atoms with Gasteiger partial charge in [-0.3, -0.25) is 0 Å². The lowest BCUT2D eigenvalue weighted by molar-refractivity contribution is -0.522. The largest absolute Gasteiger partial charge is 0.503 e. The number of ether oxygens (including phenoxy) is 6. The number of rotatable bonds is 10. The number of aliphatic hydroxyl groups excluding tert-OH is 2. The van der Waals surface area contributed by atoms with Crippen LogP contribution in [0.5, 0.6) is 0 Å². The lowest BCUT2D eigenvalue weighted by Crippen LogP contribution is -2.76. The molecule has 6 rings (SSSR count). The molecule has 2 aromatic rings. The van der Waals surface area contributed by atoms with E-state index in [4.69, 9.17) is 28.4 Å². The first kappa shape index (κ1) is 33.4. The first-order chi connectivity index (χ1) is 21.8. The third-order valence-corrected chi connectivity index (χ3v) is 8.13. The Labute approximate surface area is 257 Å². The minimum Gasteiger partial charge on any atom is -0.388 e. The van der Waals surface area contributed by atoms with E-state index >= 15 is 0 Å². The maximum atomic E-state index is 15.0. The van der Waals surface area contributed by atoms with E-state index in [9.17, 15) is 41.0 Å². The number of aliphatic hydroxyl groups is 2. The number of nitrogens with zero attached hydrogens (tertiary/aromatic N) is 3. The van der Waals surface area contributed by atoms with Gasteiger partial charge in [-0.15, -0.1) is 4.48 Å². The van der Waals surface area contributed by atoms with Crippen molar-refractivity contribution in [3.8, 4) is 0 Å². The fourth-order valence-electron chi connectivity index (χ4n) is 6.12. The van der Waals surface area contributed by atoms with Crippen LogP contribution in [0.25, 0.3) is 0 Å². The molecule has 4 aliphatic rings. The molecule has 2 aromatic carbocycles. The Kier molecular flexibility index (Phi) is 9.58. The number of halogens is 7. The monoisotopic (exact) mass is 669 g/mol. The van der Waals surface area contributed by atoms with E-state index in [-0.39, 0.29) is 31.4 Å². The minimum absolute atomic E-state index is 0.168. The lowest BCUT2D eigenvalue weighted by Gasteiger charge is -2.53. The van der Waals surface area contributed by atoms with Crippen LogP contribution in [0.15, 0.2) is 60.7 Å². The van der Waals surface area contributed by atoms with Gasteiger partial charge in [0.2, 0.25) is 0 Å². The zero-order chi connectivity index (χ0) is 32.8. The summed E-state index contributed by atoms with van der Waals surface area (Å²) in [7, 11) is 0. The third-order valence-electron chi connectivity index (χ3n) is 8.13. The molecule has 0 saturated carbocycles. The van der Waals surface area contributed by atoms with E-state index in [0.717, 1.165) is 0 Å². The summed E-state index contributed by atoms with van der Waals surface area (Å²) in [6.45, 7) is -0.966. The predicted molar refractivity (Wildman–Crippen MR) is 138 cm³/mol. The zero-order valence-corrected chi connectivity index (χ0v) is 23.7. The molecule has 0 aliphatic carbocycles. The SMILES string of the molecule is O[C@@H]1[C@H](N([C@@H]2[C@@H]3OCC(O3)[C@@H](OCc3ccccc3)[C@@H]2O)N(N(F)C(F)(F)F)C(F)(F)F)[C@@H]2OCC(O2)[C@H]1OCc1ccccc1. The highest BCUT2D eigenvalue weighted by atomic mass is 19.4. The van der Waals surface area contributed by atoms with Gasteiger partial charge in [-0.2, -0.15) is 31.4 Å². The molecule has 11 nitrogen and oxygen atoms in total. The Bertz CT molecular complexity index is 1220. The number of alkyl halides is 6. The smallest absolute Gasteiger partial charge is 0.388 e. The second-order valence-electron chi connectivity index (χ2n) is 11.1. The van der Waals surface area contributed by atoms with Crippen molar-refractivity contribution in [1.82, 2.24) is 15.4 Å². The maximum Gasteiger partial charge on any atom is 0.503 e. The molecular weight excluding hydrogens is 639 g/mol. The molecule has 2 unspecified atom stereocenters. The van der Waals surface area contributed by atoms with Gasteiger partial charge in [0.25, 0.3) is 0 Å². The summed E-state index contributed by atoms with van der Waals surface area (Å²) >= 11 is 0. The van der Waals surface area contributed by atoms with Crippen molar-refractivity contribution in [2.45, 2.75) is 87.1 Å². The number of hydrazine groups is 2. The second-order valence-corrected chi connectivity index (χ2v) is 11.1. The van der Waals surface area contributed by atoms with Gasteiger partial charge >= 0.3 is 12.6 Å². The van der Waals surface area contributed by atoms with Gasteiger partial charge < -0.3 is 38.6 Å². The molecule has 0 aromatic heterocycles. The van der Waals surface area contributed by atoms with Gasteiger partial charge in [-0.25, -0.2) is 0 Å². The molecule has 4 aliphatic heterocycles. The summed E-state index contributed by atoms with van der Waals surface area (Å²) in [4.78, 5) is 0. The van der Waals surface area contributed by atoms with E-state index in [2.05, 4.69) is 0 Å². The Balaban J connectivity index is 1.38. The fraction of sp³-hybridized carbons (Fsp3) is 0.571. The molecule has 4 heterocycles. The minimum atomic E-state index is -6.24. The molecule has 254 valence electrons. The van der Waals surface area contributed by atoms with Gasteiger partial charge in [0.15, 0.2) is 12.6 Å². The fourth-order valence-corrected chi connectivity index (χ4v) is 6.12. The maximum absolute atomic E-state index is 15.0. The van der Waals surface area contributed by atoms with Crippen molar-refractivity contribution in [2.75, 3.05) is 13.2 Å². The summed E-state index contributed by atoms with van der Waals surface area (Å²) in [5.74, 6) is 0. The quantitative estimate of drug-likeness (QED) is 0.169. The normalized spacial score (nSPS) is 34.6. The van der Waals surface area contributed by atoms with Crippen molar-refractivity contribution in [3.05, 3.63) is 71.8 Å². The number of hydrogen-bond donors (Lipinski definition) is 2. The topological polar surface area (TPSA) is 106 Å². The van der Waals surface area contributed by atoms with Crippen LogP contribution in [0.2, 0.25) is 0 Å². The molecular formula is C28H30F7N3O8. The highest BCUT2D eigenvalue weighted by Gasteiger charge is 2.67. The van der Waals surface area contributed by atoms with E-state index < -0.39 is 84.2 Å². The summed E-state index contributed by atoms with van der Waals surface area (Å²) in [5.41, 5.74) is 1.21. The van der Waals surface area contributed by atoms with Crippen molar-refractivity contribution >= 4 is 0 Å². The zero-order valence-electron chi connectivity index (χ0n) is 23.7. The Hall–Kier alpha value is -2.49. The molecule has 2 N–H and O–H groups in total. The van der Waals surface area contributed by atoms with Crippen LogP contribution in [-0.2, 0) is 41.6 Å². The molecule has 4 fully saturated rings. The highest BCUT2D eigenvalue weighted by Crippen LogP contribution is 2.44. The Morgan fingerprint density at radius 3 is 1.46 bits per heavy atom. The van der Waals surface area contributed by atoms with Crippen LogP contribution >= 0.6 is 0 Å². The van der Waals surface area contributed by atoms with Gasteiger partial charge in [0.05, 0.1) is 26.4 Å². The summed E-state index contributed by atoms with van der Waals surface area (Å²) < 4.78 is 134. The molecule has 0 amide bonds. The summed E-state index contributed by atoms with van der Waals surface area (Å²) in [6.07, 6.45) is -25.1. The highest BCUT2D eigenvalue weighted by molar-refractivity contribution is 5.15. The van der Waals surface area contributed by atoms with E-state index in [1.807, 2.05) is 0 Å². The lowest BCUT2D eigenvalue weighted by atomic mass is 9.93. The van der Waals surface area contributed by atoms with E-state index in [1.165, 1.54) is 0 Å². The molecule has 4 bridgehead atoms. The third kappa shape index (κ3) is 6.61.